The number of nitrogens with two attached hydrogens (primary N) is 1. The number of carbonyl (C=O) groups excluding carboxylic acids is 2. The molecule has 1 unspecified atom stereocenters. The van der Waals surface area contributed by atoms with Gasteiger partial charge in [-0.1, -0.05) is 20.8 Å². The maximum absolute atomic E-state index is 12.5. The van der Waals surface area contributed by atoms with Gasteiger partial charge in [0.2, 0.25) is 11.8 Å². The van der Waals surface area contributed by atoms with Crippen LogP contribution in [-0.4, -0.2) is 40.8 Å². The van der Waals surface area contributed by atoms with Gasteiger partial charge in [-0.2, -0.15) is 0 Å². The van der Waals surface area contributed by atoms with Crippen molar-refractivity contribution in [2.75, 3.05) is 18.4 Å². The number of hydrogen-bond donors (Lipinski definition) is 2. The molecular weight excluding hydrogens is 312 g/mol. The predicted octanol–water partition coefficient (Wildman–Crippen LogP) is 2.01. The van der Waals surface area contributed by atoms with Crippen molar-refractivity contribution in [2.45, 2.75) is 52.5 Å². The molecule has 6 nitrogen and oxygen atoms in total. The minimum absolute atomic E-state index is 0.0687. The summed E-state index contributed by atoms with van der Waals surface area (Å²) in [6, 6.07) is 0.148. The van der Waals surface area contributed by atoms with E-state index in [4.69, 9.17) is 5.73 Å². The average Bonchev–Trinajstić information content (AvgIpc) is 2.93. The first-order chi connectivity index (χ1) is 10.8. The number of amides is 2. The van der Waals surface area contributed by atoms with Crippen LogP contribution >= 0.6 is 11.3 Å². The molecule has 1 aromatic rings. The molecule has 0 aromatic carbocycles. The van der Waals surface area contributed by atoms with Gasteiger partial charge in [-0.15, -0.1) is 11.3 Å². The van der Waals surface area contributed by atoms with Crippen molar-refractivity contribution < 1.29 is 9.59 Å². The van der Waals surface area contributed by atoms with E-state index in [9.17, 15) is 9.59 Å². The Bertz CT molecular complexity index is 565. The number of carbonyl (C=O) groups is 2. The summed E-state index contributed by atoms with van der Waals surface area (Å²) in [4.78, 5) is 30.7. The fourth-order valence-electron chi connectivity index (χ4n) is 2.56. The normalized spacial score (nSPS) is 18.8. The van der Waals surface area contributed by atoms with Crippen LogP contribution in [-0.2, 0) is 16.0 Å². The lowest BCUT2D eigenvalue weighted by Gasteiger charge is -2.35. The van der Waals surface area contributed by atoms with E-state index in [2.05, 4.69) is 10.3 Å². The highest BCUT2D eigenvalue weighted by atomic mass is 32.1. The molecule has 1 aliphatic rings. The average molecular weight is 338 g/mol. The third-order valence-electron chi connectivity index (χ3n) is 4.01. The third-order valence-corrected chi connectivity index (χ3v) is 4.81. The molecule has 1 atom stereocenters. The number of nitrogens with zero attached hydrogens (tertiary/aromatic N) is 2. The Hall–Kier alpha value is -1.47. The van der Waals surface area contributed by atoms with Crippen molar-refractivity contribution in [3.8, 4) is 0 Å². The van der Waals surface area contributed by atoms with Crippen LogP contribution in [0.1, 0.15) is 45.7 Å². The number of nitrogens with one attached hydrogen (secondary N) is 1. The molecule has 2 heterocycles. The Balaban J connectivity index is 1.96. The number of hydrogen-bond acceptors (Lipinski definition) is 5. The zero-order chi connectivity index (χ0) is 17.0. The van der Waals surface area contributed by atoms with Crippen LogP contribution in [0.15, 0.2) is 5.38 Å². The van der Waals surface area contributed by atoms with Gasteiger partial charge in [0.15, 0.2) is 5.13 Å². The molecule has 0 aliphatic carbocycles. The number of thiazole rings is 1. The van der Waals surface area contributed by atoms with Crippen molar-refractivity contribution >= 4 is 28.3 Å². The van der Waals surface area contributed by atoms with Crippen LogP contribution in [0.25, 0.3) is 0 Å². The molecule has 0 saturated carbocycles. The first-order valence-electron chi connectivity index (χ1n) is 8.06. The van der Waals surface area contributed by atoms with Crippen LogP contribution in [0.2, 0.25) is 0 Å². The second kappa shape index (κ2) is 7.40. The molecule has 1 aliphatic heterocycles. The summed E-state index contributed by atoms with van der Waals surface area (Å²) in [6.45, 7) is 6.84. The molecule has 1 saturated heterocycles. The fraction of sp³-hybridized carbons (Fsp3) is 0.688. The van der Waals surface area contributed by atoms with Crippen LogP contribution in [0.3, 0.4) is 0 Å². The van der Waals surface area contributed by atoms with Gasteiger partial charge in [0.1, 0.15) is 0 Å². The Morgan fingerprint density at radius 1 is 1.43 bits per heavy atom. The van der Waals surface area contributed by atoms with Crippen molar-refractivity contribution in [2.24, 2.45) is 11.1 Å². The maximum Gasteiger partial charge on any atom is 0.231 e. The van der Waals surface area contributed by atoms with Crippen molar-refractivity contribution in [3.63, 3.8) is 0 Å². The summed E-state index contributed by atoms with van der Waals surface area (Å²) < 4.78 is 0. The zero-order valence-electron chi connectivity index (χ0n) is 14.1. The standard InChI is InChI=1S/C16H26N4O2S/c1-16(2,3)14(22)19-15-18-11(10-23-15)8-13(21)20-7-5-4-6-12(20)9-17/h10,12H,4-9,17H2,1-3H3,(H,18,19,22). The van der Waals surface area contributed by atoms with E-state index in [-0.39, 0.29) is 24.3 Å². The molecule has 0 radical (unpaired) electrons. The van der Waals surface area contributed by atoms with Crippen molar-refractivity contribution in [3.05, 3.63) is 11.1 Å². The lowest BCUT2D eigenvalue weighted by atomic mass is 9.96. The highest BCUT2D eigenvalue weighted by Crippen LogP contribution is 2.22. The fourth-order valence-corrected chi connectivity index (χ4v) is 3.27. The number of rotatable bonds is 4. The Labute approximate surface area is 141 Å². The van der Waals surface area contributed by atoms with E-state index in [0.717, 1.165) is 25.8 Å². The Kier molecular flexibility index (Phi) is 5.75. The topological polar surface area (TPSA) is 88.3 Å². The molecule has 7 heteroatoms. The first kappa shape index (κ1) is 17.9. The van der Waals surface area contributed by atoms with Crippen LogP contribution in [0.5, 0.6) is 0 Å². The molecule has 23 heavy (non-hydrogen) atoms. The van der Waals surface area contributed by atoms with Crippen molar-refractivity contribution in [1.29, 1.82) is 0 Å². The summed E-state index contributed by atoms with van der Waals surface area (Å²) in [5.41, 5.74) is 6.00. The van der Waals surface area contributed by atoms with Gasteiger partial charge in [-0.3, -0.25) is 9.59 Å². The molecule has 128 valence electrons. The predicted molar refractivity (Wildman–Crippen MR) is 92.3 cm³/mol. The molecule has 2 amide bonds. The largest absolute Gasteiger partial charge is 0.338 e. The van der Waals surface area contributed by atoms with Gasteiger partial charge in [0, 0.05) is 29.9 Å². The Morgan fingerprint density at radius 2 is 2.17 bits per heavy atom. The van der Waals surface area contributed by atoms with Gasteiger partial charge in [-0.25, -0.2) is 4.98 Å². The van der Waals surface area contributed by atoms with Crippen LogP contribution < -0.4 is 11.1 Å². The molecule has 1 fully saturated rings. The minimum Gasteiger partial charge on any atom is -0.338 e. The smallest absolute Gasteiger partial charge is 0.231 e. The quantitative estimate of drug-likeness (QED) is 0.879. The maximum atomic E-state index is 12.5. The zero-order valence-corrected chi connectivity index (χ0v) is 14.9. The van der Waals surface area contributed by atoms with E-state index in [1.54, 1.807) is 0 Å². The minimum atomic E-state index is -0.468. The summed E-state index contributed by atoms with van der Waals surface area (Å²) in [7, 11) is 0. The van der Waals surface area contributed by atoms with Crippen LogP contribution in [0, 0.1) is 5.41 Å². The highest BCUT2D eigenvalue weighted by Gasteiger charge is 2.26. The number of likely N-dealkylation sites (tertiary alicyclic amines) is 1. The number of piperidine rings is 1. The molecule has 0 bridgehead atoms. The van der Waals surface area contributed by atoms with Crippen molar-refractivity contribution in [1.82, 2.24) is 9.88 Å². The Morgan fingerprint density at radius 3 is 2.83 bits per heavy atom. The van der Waals surface area contributed by atoms with Crippen LogP contribution in [0.4, 0.5) is 5.13 Å². The SMILES string of the molecule is CC(C)(C)C(=O)Nc1nc(CC(=O)N2CCCCC2CN)cs1. The van der Waals surface area contributed by atoms with E-state index in [1.807, 2.05) is 31.1 Å². The molecule has 2 rings (SSSR count). The molecular formula is C16H26N4O2S. The summed E-state index contributed by atoms with van der Waals surface area (Å²) in [5, 5.41) is 5.17. The highest BCUT2D eigenvalue weighted by molar-refractivity contribution is 7.13. The van der Waals surface area contributed by atoms with Gasteiger partial charge in [0.25, 0.3) is 0 Å². The summed E-state index contributed by atoms with van der Waals surface area (Å²) in [6.07, 6.45) is 3.40. The van der Waals surface area contributed by atoms with Gasteiger partial charge >= 0.3 is 0 Å². The lowest BCUT2D eigenvalue weighted by molar-refractivity contribution is -0.134. The number of anilines is 1. The summed E-state index contributed by atoms with van der Waals surface area (Å²) in [5.74, 6) is -0.0110. The second-order valence-electron chi connectivity index (χ2n) is 7.00. The van der Waals surface area contributed by atoms with E-state index in [1.165, 1.54) is 11.3 Å². The monoisotopic (exact) mass is 338 g/mol. The second-order valence-corrected chi connectivity index (χ2v) is 7.86. The number of aromatic nitrogens is 1. The van der Waals surface area contributed by atoms with Gasteiger partial charge < -0.3 is 16.0 Å². The van der Waals surface area contributed by atoms with E-state index in [0.29, 0.717) is 17.4 Å². The first-order valence-corrected chi connectivity index (χ1v) is 8.94. The van der Waals surface area contributed by atoms with Gasteiger partial charge in [0.05, 0.1) is 12.1 Å². The van der Waals surface area contributed by atoms with Gasteiger partial charge in [-0.05, 0) is 19.3 Å². The molecule has 1 aromatic heterocycles. The lowest BCUT2D eigenvalue weighted by Crippen LogP contribution is -2.48. The molecule has 3 N–H and O–H groups in total. The van der Waals surface area contributed by atoms with E-state index < -0.39 is 5.41 Å². The summed E-state index contributed by atoms with van der Waals surface area (Å²) >= 11 is 1.35. The molecule has 0 spiro atoms. The van der Waals surface area contributed by atoms with E-state index >= 15 is 0 Å². The third kappa shape index (κ3) is 4.75.